The third-order valence-electron chi connectivity index (χ3n) is 6.01. The third-order valence-corrected chi connectivity index (χ3v) is 6.01. The molecule has 0 aliphatic rings. The number of carbonyl (C=O) groups excluding carboxylic acids is 2. The Kier molecular flexibility index (Phi) is 10.6. The molecule has 0 aromatic heterocycles. The van der Waals surface area contributed by atoms with Gasteiger partial charge in [-0.3, -0.25) is 0 Å². The smallest absolute Gasteiger partial charge is 0.425 e. The van der Waals surface area contributed by atoms with Crippen molar-refractivity contribution in [2.24, 2.45) is 0 Å². The van der Waals surface area contributed by atoms with Gasteiger partial charge in [0.2, 0.25) is 5.82 Å². The highest BCUT2D eigenvalue weighted by molar-refractivity contribution is 5.92. The van der Waals surface area contributed by atoms with Gasteiger partial charge < -0.3 is 14.2 Å². The first-order valence-electron chi connectivity index (χ1n) is 12.9. The van der Waals surface area contributed by atoms with Crippen molar-refractivity contribution in [3.05, 3.63) is 83.4 Å². The zero-order chi connectivity index (χ0) is 29.3. The van der Waals surface area contributed by atoms with E-state index < -0.39 is 35.9 Å². The summed E-state index contributed by atoms with van der Waals surface area (Å²) in [4.78, 5) is 24.8. The number of hydrogen-bond donors (Lipinski definition) is 0. The second kappa shape index (κ2) is 13.9. The molecule has 1 unspecified atom stereocenters. The fourth-order valence-corrected chi connectivity index (χ4v) is 3.88. The van der Waals surface area contributed by atoms with E-state index in [1.54, 1.807) is 6.92 Å². The molecule has 3 aromatic rings. The summed E-state index contributed by atoms with van der Waals surface area (Å²) >= 11 is 0. The van der Waals surface area contributed by atoms with E-state index in [-0.39, 0.29) is 47.6 Å². The lowest BCUT2D eigenvalue weighted by molar-refractivity contribution is -0.206. The van der Waals surface area contributed by atoms with Crippen LogP contribution in [0.5, 0.6) is 11.5 Å². The molecular weight excluding hydrogens is 535 g/mol. The number of rotatable bonds is 12. The van der Waals surface area contributed by atoms with Crippen molar-refractivity contribution in [2.75, 3.05) is 6.61 Å². The van der Waals surface area contributed by atoms with Gasteiger partial charge >= 0.3 is 18.1 Å². The molecule has 214 valence electrons. The first-order valence-corrected chi connectivity index (χ1v) is 12.9. The van der Waals surface area contributed by atoms with Crippen molar-refractivity contribution >= 4 is 11.9 Å². The van der Waals surface area contributed by atoms with Gasteiger partial charge in [0, 0.05) is 5.56 Å². The Hall–Kier alpha value is -3.95. The van der Waals surface area contributed by atoms with Gasteiger partial charge in [-0.25, -0.2) is 14.0 Å². The monoisotopic (exact) mass is 564 g/mol. The summed E-state index contributed by atoms with van der Waals surface area (Å²) in [5, 5.41) is 0. The number of unbranched alkanes of at least 4 members (excludes halogenated alkanes) is 3. The number of ether oxygens (including phenoxy) is 3. The van der Waals surface area contributed by atoms with E-state index in [4.69, 9.17) is 14.2 Å². The van der Waals surface area contributed by atoms with Gasteiger partial charge in [-0.15, -0.1) is 0 Å². The topological polar surface area (TPSA) is 61.8 Å². The lowest BCUT2D eigenvalue weighted by Crippen LogP contribution is -2.33. The van der Waals surface area contributed by atoms with Crippen molar-refractivity contribution in [3.63, 3.8) is 0 Å². The van der Waals surface area contributed by atoms with Crippen LogP contribution in [0.4, 0.5) is 22.0 Å². The molecule has 0 N–H and O–H groups in total. The van der Waals surface area contributed by atoms with Crippen LogP contribution in [0, 0.1) is 11.6 Å². The Morgan fingerprint density at radius 3 is 2.00 bits per heavy atom. The fraction of sp³-hybridized carbons (Fsp3) is 0.333. The second-order valence-electron chi connectivity index (χ2n) is 8.95. The molecule has 0 fully saturated rings. The molecule has 0 saturated carbocycles. The molecule has 3 rings (SSSR count). The molecule has 0 spiro atoms. The van der Waals surface area contributed by atoms with Gasteiger partial charge in [-0.2, -0.15) is 17.6 Å². The second-order valence-corrected chi connectivity index (χ2v) is 8.95. The first kappa shape index (κ1) is 30.6. The largest absolute Gasteiger partial charge is 0.491 e. The minimum Gasteiger partial charge on any atom is -0.491 e. The zero-order valence-electron chi connectivity index (χ0n) is 22.0. The van der Waals surface area contributed by atoms with Crippen LogP contribution >= 0.6 is 0 Å². The number of halogens is 5. The van der Waals surface area contributed by atoms with Gasteiger partial charge in [0.15, 0.2) is 17.7 Å². The maximum absolute atomic E-state index is 14.5. The van der Waals surface area contributed by atoms with Crippen LogP contribution in [-0.2, 0) is 4.74 Å². The van der Waals surface area contributed by atoms with E-state index in [9.17, 15) is 31.5 Å². The van der Waals surface area contributed by atoms with E-state index >= 15 is 0 Å². The van der Waals surface area contributed by atoms with Crippen LogP contribution in [0.1, 0.15) is 66.7 Å². The van der Waals surface area contributed by atoms with Crippen molar-refractivity contribution < 1.29 is 45.8 Å². The van der Waals surface area contributed by atoms with E-state index in [1.165, 1.54) is 60.7 Å². The number of hydrogen-bond acceptors (Lipinski definition) is 5. The van der Waals surface area contributed by atoms with Crippen LogP contribution in [-0.4, -0.2) is 30.8 Å². The summed E-state index contributed by atoms with van der Waals surface area (Å²) < 4.78 is 83.6. The van der Waals surface area contributed by atoms with Gasteiger partial charge in [0.1, 0.15) is 5.75 Å². The zero-order valence-corrected chi connectivity index (χ0v) is 22.0. The molecule has 0 saturated heterocycles. The maximum Gasteiger partial charge on any atom is 0.425 e. The summed E-state index contributed by atoms with van der Waals surface area (Å²) in [6.45, 7) is 3.76. The lowest BCUT2D eigenvalue weighted by Gasteiger charge is -2.20. The highest BCUT2D eigenvalue weighted by atomic mass is 19.4. The first-order chi connectivity index (χ1) is 19.0. The maximum atomic E-state index is 14.5. The normalized spacial score (nSPS) is 12.1. The molecule has 1 atom stereocenters. The molecule has 0 amide bonds. The molecule has 40 heavy (non-hydrogen) atoms. The quantitative estimate of drug-likeness (QED) is 0.0958. The Balaban J connectivity index is 1.62. The molecular formula is C30H29F5O5. The number of benzene rings is 3. The Morgan fingerprint density at radius 2 is 1.40 bits per heavy atom. The SMILES string of the molecule is CCCCCCC(OC(=O)c1ccc(OC(=O)c2ccc(-c3ccc(OCC)c(F)c3F)cc2)cc1)C(F)(F)F. The minimum atomic E-state index is -4.68. The van der Waals surface area contributed by atoms with Gasteiger partial charge in [-0.05, 0) is 73.9 Å². The Bertz CT molecular complexity index is 1290. The van der Waals surface area contributed by atoms with Crippen LogP contribution in [0.2, 0.25) is 0 Å². The van der Waals surface area contributed by atoms with Crippen LogP contribution in [0.15, 0.2) is 60.7 Å². The average molecular weight is 565 g/mol. The molecule has 10 heteroatoms. The Labute approximate surface area is 228 Å². The lowest BCUT2D eigenvalue weighted by atomic mass is 10.0. The summed E-state index contributed by atoms with van der Waals surface area (Å²) in [7, 11) is 0. The van der Waals surface area contributed by atoms with Crippen LogP contribution in [0.25, 0.3) is 11.1 Å². The third kappa shape index (κ3) is 8.03. The molecule has 5 nitrogen and oxygen atoms in total. The highest BCUT2D eigenvalue weighted by Crippen LogP contribution is 2.31. The molecule has 0 aliphatic heterocycles. The summed E-state index contributed by atoms with van der Waals surface area (Å²) in [6, 6.07) is 13.2. The van der Waals surface area contributed by atoms with Crippen molar-refractivity contribution in [1.29, 1.82) is 0 Å². The van der Waals surface area contributed by atoms with Crippen molar-refractivity contribution in [1.82, 2.24) is 0 Å². The molecule has 0 heterocycles. The number of esters is 2. The van der Waals surface area contributed by atoms with E-state index in [0.29, 0.717) is 12.0 Å². The number of alkyl halides is 3. The summed E-state index contributed by atoms with van der Waals surface area (Å²) in [5.41, 5.74) is 0.283. The molecule has 3 aromatic carbocycles. The molecule has 0 aliphatic carbocycles. The molecule has 0 bridgehead atoms. The standard InChI is InChI=1S/C30H29F5O5/c1-3-5-6-7-8-25(30(33,34)35)40-29(37)21-13-15-22(16-14-21)39-28(36)20-11-9-19(10-12-20)23-17-18-24(38-4-2)27(32)26(23)31/h9-18,25H,3-8H2,1-2H3. The van der Waals surface area contributed by atoms with Gasteiger partial charge in [0.05, 0.1) is 17.7 Å². The van der Waals surface area contributed by atoms with Gasteiger partial charge in [-0.1, -0.05) is 38.3 Å². The van der Waals surface area contributed by atoms with Crippen LogP contribution < -0.4 is 9.47 Å². The Morgan fingerprint density at radius 1 is 0.775 bits per heavy atom. The van der Waals surface area contributed by atoms with Crippen LogP contribution in [0.3, 0.4) is 0 Å². The fourth-order valence-electron chi connectivity index (χ4n) is 3.88. The van der Waals surface area contributed by atoms with Crippen molar-refractivity contribution in [2.45, 2.75) is 58.2 Å². The van der Waals surface area contributed by atoms with Gasteiger partial charge in [0.25, 0.3) is 0 Å². The van der Waals surface area contributed by atoms with Crippen molar-refractivity contribution in [3.8, 4) is 22.6 Å². The highest BCUT2D eigenvalue weighted by Gasteiger charge is 2.42. The molecule has 0 radical (unpaired) electrons. The summed E-state index contributed by atoms with van der Waals surface area (Å²) in [6.07, 6.45) is -4.64. The average Bonchev–Trinajstić information content (AvgIpc) is 2.93. The van der Waals surface area contributed by atoms with E-state index in [2.05, 4.69) is 0 Å². The predicted molar refractivity (Wildman–Crippen MR) is 138 cm³/mol. The van der Waals surface area contributed by atoms with E-state index in [0.717, 1.165) is 12.8 Å². The number of carbonyl (C=O) groups is 2. The predicted octanol–water partition coefficient (Wildman–Crippen LogP) is 8.31. The summed E-state index contributed by atoms with van der Waals surface area (Å²) in [5.74, 6) is -4.27. The van der Waals surface area contributed by atoms with E-state index in [1.807, 2.05) is 6.92 Å². The minimum absolute atomic E-state index is 0.0166.